The summed E-state index contributed by atoms with van der Waals surface area (Å²) in [7, 11) is 0. The van der Waals surface area contributed by atoms with E-state index in [4.69, 9.17) is 38.4 Å². The summed E-state index contributed by atoms with van der Waals surface area (Å²) in [5.41, 5.74) is 10.9. The lowest BCUT2D eigenvalue weighted by atomic mass is 9.80. The topological polar surface area (TPSA) is 103 Å². The van der Waals surface area contributed by atoms with Crippen LogP contribution < -0.4 is 16.4 Å². The van der Waals surface area contributed by atoms with Gasteiger partial charge in [0.05, 0.1) is 46.6 Å². The van der Waals surface area contributed by atoms with Crippen LogP contribution in [0.3, 0.4) is 0 Å². The Labute approximate surface area is 310 Å². The van der Waals surface area contributed by atoms with Gasteiger partial charge < -0.3 is 25.8 Å². The van der Waals surface area contributed by atoms with Gasteiger partial charge in [0.1, 0.15) is 0 Å². The first kappa shape index (κ1) is 39.0. The summed E-state index contributed by atoms with van der Waals surface area (Å²) < 4.78 is 11.9. The number of nitrogens with one attached hydrogen (secondary N) is 2. The number of para-hydroxylation sites is 2. The van der Waals surface area contributed by atoms with Crippen LogP contribution in [0, 0.1) is 5.92 Å². The molecule has 0 amide bonds. The number of esters is 2. The smallest absolute Gasteiger partial charge is 0.338 e. The van der Waals surface area contributed by atoms with Gasteiger partial charge >= 0.3 is 11.9 Å². The molecule has 4 N–H and O–H groups in total. The number of carbonyl (C=O) groups excluding carboxylic acids is 2. The molecule has 0 saturated heterocycles. The van der Waals surface area contributed by atoms with E-state index in [1.807, 2.05) is 30.3 Å². The van der Waals surface area contributed by atoms with Gasteiger partial charge in [-0.1, -0.05) is 106 Å². The molecule has 1 fully saturated rings. The molecule has 1 atom stereocenters. The molecule has 0 heterocycles. The number of halogens is 3. The van der Waals surface area contributed by atoms with Crippen molar-refractivity contribution in [3.63, 3.8) is 0 Å². The summed E-state index contributed by atoms with van der Waals surface area (Å²) in [5, 5.41) is 7.90. The largest absolute Gasteiger partial charge is 0.465 e. The standard InChI is InChI=1S/C39H50BrCl2N3O4/c1-2-44-37(27-16-9-8-10-17-27)30-24-29(25-31(40)36(30)43)39(47)49-23-14-7-5-3-4-6-13-22-48-35(46)26-28-18-11-12-21-34(28)45-38-32(41)19-15-20-33(38)42/h11-12,15,18-21,24-25,27,37,44-45H,2-10,13-14,16-17,22-23,26,43H2,1H3. The quantitative estimate of drug-likeness (QED) is 0.0633. The Morgan fingerprint density at radius 2 is 1.51 bits per heavy atom. The molecule has 3 aromatic rings. The summed E-state index contributed by atoms with van der Waals surface area (Å²) in [5.74, 6) is -0.0551. The van der Waals surface area contributed by atoms with Crippen LogP contribution in [0.1, 0.15) is 112 Å². The van der Waals surface area contributed by atoms with E-state index >= 15 is 0 Å². The Morgan fingerprint density at radius 3 is 2.18 bits per heavy atom. The van der Waals surface area contributed by atoms with Gasteiger partial charge in [-0.15, -0.1) is 0 Å². The minimum atomic E-state index is -0.305. The van der Waals surface area contributed by atoms with E-state index in [9.17, 15) is 9.59 Å². The average molecular weight is 776 g/mol. The molecule has 4 rings (SSSR count). The molecular formula is C39H50BrCl2N3O4. The van der Waals surface area contributed by atoms with Gasteiger partial charge in [-0.25, -0.2) is 4.79 Å². The van der Waals surface area contributed by atoms with Gasteiger partial charge in [-0.3, -0.25) is 4.79 Å². The second-order valence-corrected chi connectivity index (χ2v) is 14.4. The molecule has 0 aromatic heterocycles. The highest BCUT2D eigenvalue weighted by molar-refractivity contribution is 9.10. The second-order valence-electron chi connectivity index (χ2n) is 12.8. The van der Waals surface area contributed by atoms with Crippen LogP contribution in [0.2, 0.25) is 10.0 Å². The highest BCUT2D eigenvalue weighted by atomic mass is 79.9. The van der Waals surface area contributed by atoms with Crippen LogP contribution in [-0.2, 0) is 20.7 Å². The lowest BCUT2D eigenvalue weighted by Gasteiger charge is -2.32. The Bertz CT molecular complexity index is 1500. The summed E-state index contributed by atoms with van der Waals surface area (Å²) in [6.45, 7) is 3.76. The molecule has 0 spiro atoms. The Hall–Kier alpha value is -2.78. The highest BCUT2D eigenvalue weighted by Crippen LogP contribution is 2.39. The van der Waals surface area contributed by atoms with Crippen molar-refractivity contribution < 1.29 is 19.1 Å². The normalized spacial score (nSPS) is 14.0. The fourth-order valence-electron chi connectivity index (χ4n) is 6.51. The first-order valence-electron chi connectivity index (χ1n) is 17.7. The molecule has 0 bridgehead atoms. The van der Waals surface area contributed by atoms with Crippen molar-refractivity contribution in [3.05, 3.63) is 85.8 Å². The Balaban J connectivity index is 1.09. The van der Waals surface area contributed by atoms with Crippen molar-refractivity contribution in [2.45, 2.75) is 96.4 Å². The van der Waals surface area contributed by atoms with E-state index in [0.29, 0.717) is 46.1 Å². The van der Waals surface area contributed by atoms with Crippen molar-refractivity contribution in [2.24, 2.45) is 5.92 Å². The molecule has 49 heavy (non-hydrogen) atoms. The Kier molecular flexibility index (Phi) is 16.6. The minimum absolute atomic E-state index is 0.132. The number of benzene rings is 3. The first-order chi connectivity index (χ1) is 23.8. The number of ether oxygens (including phenoxy) is 2. The maximum atomic E-state index is 13.0. The third-order valence-electron chi connectivity index (χ3n) is 9.14. The molecule has 0 radical (unpaired) electrons. The predicted molar refractivity (Wildman–Crippen MR) is 205 cm³/mol. The molecule has 0 aliphatic heterocycles. The van der Waals surface area contributed by atoms with Gasteiger partial charge in [-0.2, -0.15) is 0 Å². The molecule has 1 aliphatic carbocycles. The van der Waals surface area contributed by atoms with Crippen LogP contribution in [0.5, 0.6) is 0 Å². The summed E-state index contributed by atoms with van der Waals surface area (Å²) in [6.07, 6.45) is 13.1. The maximum Gasteiger partial charge on any atom is 0.338 e. The third kappa shape index (κ3) is 12.2. The van der Waals surface area contributed by atoms with Crippen molar-refractivity contribution in [1.82, 2.24) is 5.32 Å². The number of carbonyl (C=O) groups is 2. The van der Waals surface area contributed by atoms with E-state index in [-0.39, 0.29) is 24.4 Å². The van der Waals surface area contributed by atoms with Gasteiger partial charge in [0.2, 0.25) is 0 Å². The van der Waals surface area contributed by atoms with Crippen molar-refractivity contribution in [3.8, 4) is 0 Å². The predicted octanol–water partition coefficient (Wildman–Crippen LogP) is 11.0. The summed E-state index contributed by atoms with van der Waals surface area (Å²) in [4.78, 5) is 25.5. The third-order valence-corrected chi connectivity index (χ3v) is 10.4. The lowest BCUT2D eigenvalue weighted by Crippen LogP contribution is -2.30. The molecule has 1 saturated carbocycles. The molecule has 7 nitrogen and oxygen atoms in total. The van der Waals surface area contributed by atoms with Crippen LogP contribution in [0.15, 0.2) is 59.1 Å². The molecule has 266 valence electrons. The van der Waals surface area contributed by atoms with Crippen LogP contribution in [-0.4, -0.2) is 31.7 Å². The molecular weight excluding hydrogens is 725 g/mol. The first-order valence-corrected chi connectivity index (χ1v) is 19.3. The van der Waals surface area contributed by atoms with E-state index < -0.39 is 0 Å². The number of unbranched alkanes of at least 4 members (excludes halogenated alkanes) is 6. The molecule has 3 aromatic carbocycles. The lowest BCUT2D eigenvalue weighted by molar-refractivity contribution is -0.142. The van der Waals surface area contributed by atoms with Crippen LogP contribution >= 0.6 is 39.1 Å². The number of hydrogen-bond donors (Lipinski definition) is 3. The van der Waals surface area contributed by atoms with Gasteiger partial charge in [-0.05, 0) is 95.5 Å². The van der Waals surface area contributed by atoms with E-state index in [0.717, 1.165) is 72.8 Å². The summed E-state index contributed by atoms with van der Waals surface area (Å²) in [6, 6.07) is 16.7. The molecule has 10 heteroatoms. The SMILES string of the molecule is CCNC(c1cc(C(=O)OCCCCCCCCCOC(=O)Cc2ccccc2Nc2c(Cl)cccc2Cl)cc(Br)c1N)C1CCCCC1. The number of nitrogen functional groups attached to an aromatic ring is 1. The number of nitrogens with two attached hydrogens (primary N) is 1. The number of anilines is 3. The highest BCUT2D eigenvalue weighted by Gasteiger charge is 2.28. The zero-order valence-electron chi connectivity index (χ0n) is 28.5. The van der Waals surface area contributed by atoms with Crippen molar-refractivity contribution in [1.29, 1.82) is 0 Å². The number of rotatable bonds is 19. The summed E-state index contributed by atoms with van der Waals surface area (Å²) >= 11 is 16.2. The van der Waals surface area contributed by atoms with E-state index in [1.54, 1.807) is 24.3 Å². The minimum Gasteiger partial charge on any atom is -0.465 e. The van der Waals surface area contributed by atoms with Crippen LogP contribution in [0.25, 0.3) is 0 Å². The second kappa shape index (κ2) is 20.8. The van der Waals surface area contributed by atoms with E-state index in [2.05, 4.69) is 33.5 Å². The number of hydrogen-bond acceptors (Lipinski definition) is 7. The fourth-order valence-corrected chi connectivity index (χ4v) is 7.48. The van der Waals surface area contributed by atoms with Crippen LogP contribution in [0.4, 0.5) is 17.1 Å². The Morgan fingerprint density at radius 1 is 0.878 bits per heavy atom. The fraction of sp³-hybridized carbons (Fsp3) is 0.487. The van der Waals surface area contributed by atoms with Crippen molar-refractivity contribution >= 4 is 68.1 Å². The zero-order valence-corrected chi connectivity index (χ0v) is 31.6. The zero-order chi connectivity index (χ0) is 35.0. The average Bonchev–Trinajstić information content (AvgIpc) is 3.10. The molecule has 1 aliphatic rings. The van der Waals surface area contributed by atoms with Gasteiger partial charge in [0.25, 0.3) is 0 Å². The molecule has 1 unspecified atom stereocenters. The van der Waals surface area contributed by atoms with E-state index in [1.165, 1.54) is 32.1 Å². The monoisotopic (exact) mass is 773 g/mol. The van der Waals surface area contributed by atoms with Gasteiger partial charge in [0, 0.05) is 16.2 Å². The van der Waals surface area contributed by atoms with Gasteiger partial charge in [0.15, 0.2) is 0 Å². The van der Waals surface area contributed by atoms with Crippen molar-refractivity contribution in [2.75, 3.05) is 30.8 Å². The maximum absolute atomic E-state index is 13.0.